The summed E-state index contributed by atoms with van der Waals surface area (Å²) in [6, 6.07) is 7.47. The SMILES string of the molecule is CN(C)C(CNC(=O)C1=CN2CCS(=O)(=O)N=C2C=C1)c1ccccc1Cl. The summed E-state index contributed by atoms with van der Waals surface area (Å²) in [5.41, 5.74) is 1.39. The molecule has 2 heterocycles. The van der Waals surface area contributed by atoms with Crippen molar-refractivity contribution in [2.75, 3.05) is 32.9 Å². The van der Waals surface area contributed by atoms with Crippen molar-refractivity contribution >= 4 is 33.4 Å². The smallest absolute Gasteiger partial charge is 0.256 e. The van der Waals surface area contributed by atoms with Gasteiger partial charge in [-0.05, 0) is 37.9 Å². The first kappa shape index (κ1) is 19.6. The van der Waals surface area contributed by atoms with E-state index in [0.717, 1.165) is 5.56 Å². The van der Waals surface area contributed by atoms with E-state index < -0.39 is 10.0 Å². The van der Waals surface area contributed by atoms with Crippen LogP contribution in [0, 0.1) is 0 Å². The van der Waals surface area contributed by atoms with Crippen LogP contribution in [0.25, 0.3) is 0 Å². The zero-order valence-electron chi connectivity index (χ0n) is 15.1. The third-order valence-corrected chi connectivity index (χ3v) is 5.94. The van der Waals surface area contributed by atoms with Crippen molar-refractivity contribution in [1.29, 1.82) is 0 Å². The molecule has 2 aliphatic heterocycles. The van der Waals surface area contributed by atoms with Crippen molar-refractivity contribution in [3.05, 3.63) is 58.8 Å². The molecule has 1 amide bonds. The zero-order valence-corrected chi connectivity index (χ0v) is 16.7. The largest absolute Gasteiger partial charge is 0.350 e. The minimum Gasteiger partial charge on any atom is -0.350 e. The molecule has 9 heteroatoms. The first-order valence-corrected chi connectivity index (χ1v) is 10.4. The highest BCUT2D eigenvalue weighted by atomic mass is 35.5. The molecule has 0 bridgehead atoms. The molecule has 144 valence electrons. The number of likely N-dealkylation sites (N-methyl/N-ethyl adjacent to an activating group) is 1. The Hall–Kier alpha value is -2.16. The molecule has 0 aliphatic carbocycles. The summed E-state index contributed by atoms with van der Waals surface area (Å²) >= 11 is 6.30. The van der Waals surface area contributed by atoms with Gasteiger partial charge in [-0.15, -0.1) is 4.40 Å². The van der Waals surface area contributed by atoms with E-state index in [-0.39, 0.29) is 24.2 Å². The van der Waals surface area contributed by atoms with Crippen LogP contribution in [0.2, 0.25) is 5.02 Å². The molecule has 0 saturated heterocycles. The van der Waals surface area contributed by atoms with E-state index in [4.69, 9.17) is 11.6 Å². The van der Waals surface area contributed by atoms with Gasteiger partial charge in [0.05, 0.1) is 17.4 Å². The Morgan fingerprint density at radius 2 is 2.07 bits per heavy atom. The van der Waals surface area contributed by atoms with Crippen LogP contribution in [-0.4, -0.2) is 62.9 Å². The Morgan fingerprint density at radius 1 is 1.33 bits per heavy atom. The van der Waals surface area contributed by atoms with Crippen molar-refractivity contribution in [3.8, 4) is 0 Å². The summed E-state index contributed by atoms with van der Waals surface area (Å²) in [4.78, 5) is 16.2. The lowest BCUT2D eigenvalue weighted by Gasteiger charge is -2.28. The van der Waals surface area contributed by atoms with Crippen LogP contribution in [-0.2, 0) is 14.8 Å². The molecular weight excluding hydrogens is 388 g/mol. The number of hydrogen-bond acceptors (Lipinski definition) is 5. The van der Waals surface area contributed by atoms with Crippen molar-refractivity contribution in [2.24, 2.45) is 4.40 Å². The Balaban J connectivity index is 1.70. The number of nitrogens with one attached hydrogen (secondary N) is 1. The van der Waals surface area contributed by atoms with Gasteiger partial charge in [0.15, 0.2) is 0 Å². The predicted molar refractivity (Wildman–Crippen MR) is 106 cm³/mol. The molecule has 0 saturated carbocycles. The van der Waals surface area contributed by atoms with E-state index in [0.29, 0.717) is 23.0 Å². The maximum atomic E-state index is 12.6. The van der Waals surface area contributed by atoms with E-state index >= 15 is 0 Å². The average molecular weight is 409 g/mol. The lowest BCUT2D eigenvalue weighted by Crippen LogP contribution is -2.39. The van der Waals surface area contributed by atoms with Crippen molar-refractivity contribution in [2.45, 2.75) is 6.04 Å². The molecule has 7 nitrogen and oxygen atoms in total. The molecule has 0 spiro atoms. The van der Waals surface area contributed by atoms with Crippen LogP contribution < -0.4 is 5.32 Å². The van der Waals surface area contributed by atoms with E-state index in [2.05, 4.69) is 9.71 Å². The molecule has 1 aromatic rings. The number of sulfonamides is 1. The molecule has 0 fully saturated rings. The highest BCUT2D eigenvalue weighted by molar-refractivity contribution is 7.90. The molecule has 1 unspecified atom stereocenters. The topological polar surface area (TPSA) is 82.1 Å². The van der Waals surface area contributed by atoms with Gasteiger partial charge in [0.1, 0.15) is 5.84 Å². The number of fused-ring (bicyclic) bond motifs is 1. The van der Waals surface area contributed by atoms with Crippen LogP contribution in [0.15, 0.2) is 52.6 Å². The van der Waals surface area contributed by atoms with Gasteiger partial charge >= 0.3 is 0 Å². The second kappa shape index (κ2) is 7.84. The molecule has 3 rings (SSSR count). The summed E-state index contributed by atoms with van der Waals surface area (Å²) < 4.78 is 26.8. The zero-order chi connectivity index (χ0) is 19.6. The minimum absolute atomic E-state index is 0.0645. The van der Waals surface area contributed by atoms with Crippen molar-refractivity contribution in [3.63, 3.8) is 0 Å². The fourth-order valence-corrected chi connectivity index (χ4v) is 4.17. The van der Waals surface area contributed by atoms with E-state index in [1.807, 2.05) is 43.3 Å². The third kappa shape index (κ3) is 4.58. The second-order valence-electron chi connectivity index (χ2n) is 6.56. The number of halogens is 1. The van der Waals surface area contributed by atoms with E-state index in [9.17, 15) is 13.2 Å². The van der Waals surface area contributed by atoms with Crippen LogP contribution >= 0.6 is 11.6 Å². The van der Waals surface area contributed by atoms with Crippen LogP contribution in [0.5, 0.6) is 0 Å². The number of carbonyl (C=O) groups is 1. The summed E-state index contributed by atoms with van der Waals surface area (Å²) in [6.45, 7) is 0.665. The first-order chi connectivity index (χ1) is 12.8. The average Bonchev–Trinajstić information content (AvgIpc) is 2.61. The molecule has 0 radical (unpaired) electrons. The van der Waals surface area contributed by atoms with Crippen LogP contribution in [0.4, 0.5) is 0 Å². The Labute approximate surface area is 164 Å². The summed E-state index contributed by atoms with van der Waals surface area (Å²) in [6.07, 6.45) is 4.75. The van der Waals surface area contributed by atoms with Gasteiger partial charge in [-0.1, -0.05) is 29.8 Å². The van der Waals surface area contributed by atoms with Gasteiger partial charge < -0.3 is 15.1 Å². The molecule has 0 aromatic heterocycles. The maximum Gasteiger partial charge on any atom is 0.256 e. The van der Waals surface area contributed by atoms with Gasteiger partial charge in [-0.2, -0.15) is 0 Å². The molecule has 2 aliphatic rings. The summed E-state index contributed by atoms with van der Waals surface area (Å²) in [5.74, 6) is 0.0305. The fraction of sp³-hybridized carbons (Fsp3) is 0.333. The predicted octanol–water partition coefficient (Wildman–Crippen LogP) is 1.56. The second-order valence-corrected chi connectivity index (χ2v) is 8.72. The molecule has 1 aromatic carbocycles. The van der Waals surface area contributed by atoms with Crippen LogP contribution in [0.1, 0.15) is 11.6 Å². The Morgan fingerprint density at radius 3 is 2.78 bits per heavy atom. The number of nitrogens with zero attached hydrogens (tertiary/aromatic N) is 3. The number of carbonyl (C=O) groups excluding carboxylic acids is 1. The van der Waals surface area contributed by atoms with Gasteiger partial charge in [-0.3, -0.25) is 4.79 Å². The highest BCUT2D eigenvalue weighted by Crippen LogP contribution is 2.25. The van der Waals surface area contributed by atoms with E-state index in [1.165, 1.54) is 0 Å². The number of hydrogen-bond donors (Lipinski definition) is 1. The Bertz CT molecular complexity index is 938. The Kier molecular flexibility index (Phi) is 5.69. The molecule has 27 heavy (non-hydrogen) atoms. The number of benzene rings is 1. The summed E-state index contributed by atoms with van der Waals surface area (Å²) in [7, 11) is 0.445. The van der Waals surface area contributed by atoms with Gasteiger partial charge in [0.2, 0.25) is 0 Å². The highest BCUT2D eigenvalue weighted by Gasteiger charge is 2.25. The monoisotopic (exact) mass is 408 g/mol. The van der Waals surface area contributed by atoms with Gasteiger partial charge in [-0.25, -0.2) is 8.42 Å². The maximum absolute atomic E-state index is 12.6. The first-order valence-electron chi connectivity index (χ1n) is 8.45. The normalized spacial score (nSPS) is 19.2. The number of amidine groups is 1. The van der Waals surface area contributed by atoms with Gasteiger partial charge in [0.25, 0.3) is 15.9 Å². The minimum atomic E-state index is -3.41. The lowest BCUT2D eigenvalue weighted by molar-refractivity contribution is -0.117. The number of amides is 1. The van der Waals surface area contributed by atoms with Crippen molar-refractivity contribution < 1.29 is 13.2 Å². The van der Waals surface area contributed by atoms with Crippen LogP contribution in [0.3, 0.4) is 0 Å². The number of rotatable bonds is 5. The molecule has 1 atom stereocenters. The van der Waals surface area contributed by atoms with Crippen molar-refractivity contribution in [1.82, 2.24) is 15.1 Å². The quantitative estimate of drug-likeness (QED) is 0.799. The fourth-order valence-electron chi connectivity index (χ4n) is 2.94. The summed E-state index contributed by atoms with van der Waals surface area (Å²) in [5, 5.41) is 3.58. The van der Waals surface area contributed by atoms with Gasteiger partial charge in [0, 0.05) is 24.3 Å². The lowest BCUT2D eigenvalue weighted by atomic mass is 10.1. The standard InChI is InChI=1S/C18H21ClN4O3S/c1-22(2)16(14-5-3-4-6-15(14)19)11-20-18(24)13-7-8-17-21-27(25,26)10-9-23(17)12-13/h3-8,12,16H,9-11H2,1-2H3,(H,20,24). The molecule has 1 N–H and O–H groups in total. The van der Waals surface area contributed by atoms with E-state index in [1.54, 1.807) is 23.3 Å². The third-order valence-electron chi connectivity index (χ3n) is 4.43. The molecular formula is C18H21ClN4O3S.